The molecule has 1 aliphatic heterocycles. The smallest absolute Gasteiger partial charge is 0.249 e. The normalized spacial score (nSPS) is 16.7. The van der Waals surface area contributed by atoms with Crippen molar-refractivity contribution < 1.29 is 18.1 Å². The molecule has 2 rings (SSSR count). The lowest BCUT2D eigenvalue weighted by Gasteiger charge is -2.30. The third-order valence-corrected chi connectivity index (χ3v) is 5.08. The van der Waals surface area contributed by atoms with Crippen molar-refractivity contribution in [3.05, 3.63) is 29.8 Å². The van der Waals surface area contributed by atoms with Gasteiger partial charge in [0.1, 0.15) is 6.07 Å². The molecule has 0 saturated carbocycles. The zero-order valence-corrected chi connectivity index (χ0v) is 13.7. The van der Waals surface area contributed by atoms with E-state index in [0.29, 0.717) is 0 Å². The first-order valence-electron chi connectivity index (χ1n) is 7.27. The van der Waals surface area contributed by atoms with Crippen molar-refractivity contribution in [2.75, 3.05) is 39.8 Å². The standard InChI is InChI=1S/C14H19N5O3S/c1-18-6-8-19(9-7-18)17-14(20)11-16-23(21,22)13-5-3-2-4-12(13)10-15/h2-5,16H,6-9,11H2,1H3,(H,17,20)/p+1. The zero-order valence-electron chi connectivity index (χ0n) is 12.9. The number of carbonyl (C=O) groups is 1. The molecule has 0 atom stereocenters. The van der Waals surface area contributed by atoms with Crippen molar-refractivity contribution in [2.24, 2.45) is 0 Å². The number of benzene rings is 1. The molecule has 0 bridgehead atoms. The van der Waals surface area contributed by atoms with Crippen molar-refractivity contribution in [3.63, 3.8) is 0 Å². The predicted molar refractivity (Wildman–Crippen MR) is 82.7 cm³/mol. The first-order chi connectivity index (χ1) is 10.9. The molecule has 0 radical (unpaired) electrons. The Balaban J connectivity index is 1.92. The number of carbonyl (C=O) groups excluding carboxylic acids is 1. The second kappa shape index (κ2) is 7.52. The zero-order chi connectivity index (χ0) is 16.9. The first kappa shape index (κ1) is 17.4. The minimum absolute atomic E-state index is 0.0439. The largest absolute Gasteiger partial charge is 0.335 e. The van der Waals surface area contributed by atoms with Gasteiger partial charge in [0, 0.05) is 0 Å². The number of hydrogen-bond donors (Lipinski definition) is 3. The van der Waals surface area contributed by atoms with Gasteiger partial charge in [0.2, 0.25) is 15.9 Å². The van der Waals surface area contributed by atoms with E-state index < -0.39 is 15.9 Å². The van der Waals surface area contributed by atoms with E-state index in [1.54, 1.807) is 11.1 Å². The minimum atomic E-state index is -3.90. The van der Waals surface area contributed by atoms with E-state index in [4.69, 9.17) is 5.26 Å². The molecule has 1 fully saturated rings. The van der Waals surface area contributed by atoms with Gasteiger partial charge in [-0.3, -0.25) is 10.2 Å². The van der Waals surface area contributed by atoms with Gasteiger partial charge in [0.15, 0.2) is 0 Å². The van der Waals surface area contributed by atoms with Crippen molar-refractivity contribution in [1.29, 1.82) is 5.26 Å². The van der Waals surface area contributed by atoms with Crippen LogP contribution < -0.4 is 15.0 Å². The summed E-state index contributed by atoms with van der Waals surface area (Å²) in [6.45, 7) is 2.91. The molecule has 1 heterocycles. The molecular weight excluding hydrogens is 318 g/mol. The molecule has 1 aromatic rings. The molecule has 9 heteroatoms. The molecule has 1 amide bonds. The van der Waals surface area contributed by atoms with Gasteiger partial charge >= 0.3 is 0 Å². The highest BCUT2D eigenvalue weighted by Gasteiger charge is 2.21. The monoisotopic (exact) mass is 338 g/mol. The lowest BCUT2D eigenvalue weighted by Crippen LogP contribution is -3.12. The number of amides is 1. The number of hydrogen-bond acceptors (Lipinski definition) is 5. The van der Waals surface area contributed by atoms with Crippen LogP contribution in [0.15, 0.2) is 29.2 Å². The second-order valence-electron chi connectivity index (χ2n) is 5.41. The summed E-state index contributed by atoms with van der Waals surface area (Å²) in [5.41, 5.74) is 2.73. The van der Waals surface area contributed by atoms with Gasteiger partial charge in [-0.05, 0) is 12.1 Å². The quantitative estimate of drug-likeness (QED) is 0.560. The highest BCUT2D eigenvalue weighted by Crippen LogP contribution is 2.13. The lowest BCUT2D eigenvalue weighted by atomic mass is 10.2. The SMILES string of the molecule is C[NH+]1CCN(NC(=O)CNS(=O)(=O)c2ccccc2C#N)CC1. The second-order valence-corrected chi connectivity index (χ2v) is 7.15. The average molecular weight is 338 g/mol. The predicted octanol–water partition coefficient (Wildman–Crippen LogP) is -2.30. The summed E-state index contributed by atoms with van der Waals surface area (Å²) >= 11 is 0. The Hall–Kier alpha value is -1.99. The minimum Gasteiger partial charge on any atom is -0.335 e. The Bertz CT molecular complexity index is 705. The van der Waals surface area contributed by atoms with Gasteiger partial charge < -0.3 is 4.90 Å². The molecule has 8 nitrogen and oxygen atoms in total. The van der Waals surface area contributed by atoms with Gasteiger partial charge in [0.25, 0.3) is 0 Å². The maximum Gasteiger partial charge on any atom is 0.249 e. The number of nitrogens with one attached hydrogen (secondary N) is 3. The van der Waals surface area contributed by atoms with Crippen LogP contribution in [0.2, 0.25) is 0 Å². The Labute approximate surface area is 135 Å². The molecule has 1 aromatic carbocycles. The number of sulfonamides is 1. The Morgan fingerprint density at radius 3 is 2.65 bits per heavy atom. The molecule has 1 saturated heterocycles. The van der Waals surface area contributed by atoms with Crippen molar-refractivity contribution in [1.82, 2.24) is 15.2 Å². The van der Waals surface area contributed by atoms with Crippen LogP contribution in [0.5, 0.6) is 0 Å². The summed E-state index contributed by atoms with van der Waals surface area (Å²) in [5, 5.41) is 10.8. The Morgan fingerprint density at radius 1 is 1.35 bits per heavy atom. The number of likely N-dealkylation sites (N-methyl/N-ethyl adjacent to an activating group) is 1. The lowest BCUT2D eigenvalue weighted by molar-refractivity contribution is -0.884. The first-order valence-corrected chi connectivity index (χ1v) is 8.75. The van der Waals surface area contributed by atoms with E-state index in [0.717, 1.165) is 26.2 Å². The van der Waals surface area contributed by atoms with Gasteiger partial charge in [0.05, 0.1) is 50.2 Å². The van der Waals surface area contributed by atoms with E-state index in [1.165, 1.54) is 23.1 Å². The fourth-order valence-corrected chi connectivity index (χ4v) is 3.39. The van der Waals surface area contributed by atoms with E-state index in [1.807, 2.05) is 6.07 Å². The summed E-state index contributed by atoms with van der Waals surface area (Å²) in [5.74, 6) is -0.428. The highest BCUT2D eigenvalue weighted by molar-refractivity contribution is 7.89. The molecular formula is C14H20N5O3S+. The topological polar surface area (TPSA) is 107 Å². The third-order valence-electron chi connectivity index (χ3n) is 3.62. The number of rotatable bonds is 5. The van der Waals surface area contributed by atoms with Crippen molar-refractivity contribution >= 4 is 15.9 Å². The molecule has 1 aliphatic rings. The summed E-state index contributed by atoms with van der Waals surface area (Å²) < 4.78 is 26.6. The Morgan fingerprint density at radius 2 is 2.00 bits per heavy atom. The number of quaternary nitrogens is 1. The van der Waals surface area contributed by atoms with E-state index in [-0.39, 0.29) is 17.0 Å². The van der Waals surface area contributed by atoms with Gasteiger partial charge in [-0.15, -0.1) is 0 Å². The van der Waals surface area contributed by atoms with Crippen LogP contribution in [0.3, 0.4) is 0 Å². The number of piperazine rings is 1. The van der Waals surface area contributed by atoms with Gasteiger partial charge in [-0.2, -0.15) is 5.26 Å². The van der Waals surface area contributed by atoms with E-state index in [9.17, 15) is 13.2 Å². The van der Waals surface area contributed by atoms with Gasteiger partial charge in [-0.1, -0.05) is 12.1 Å². The van der Waals surface area contributed by atoms with Gasteiger partial charge in [-0.25, -0.2) is 18.1 Å². The number of nitriles is 1. The molecule has 0 aromatic heterocycles. The molecule has 0 aliphatic carbocycles. The van der Waals surface area contributed by atoms with Crippen LogP contribution in [0.25, 0.3) is 0 Å². The average Bonchev–Trinajstić information content (AvgIpc) is 2.55. The molecule has 23 heavy (non-hydrogen) atoms. The maximum atomic E-state index is 12.2. The van der Waals surface area contributed by atoms with Crippen LogP contribution >= 0.6 is 0 Å². The Kier molecular flexibility index (Phi) is 5.68. The van der Waals surface area contributed by atoms with Crippen LogP contribution in [-0.2, 0) is 14.8 Å². The van der Waals surface area contributed by atoms with Crippen LogP contribution in [0.4, 0.5) is 0 Å². The van der Waals surface area contributed by atoms with E-state index in [2.05, 4.69) is 17.2 Å². The molecule has 124 valence electrons. The van der Waals surface area contributed by atoms with Crippen molar-refractivity contribution in [3.8, 4) is 6.07 Å². The van der Waals surface area contributed by atoms with Crippen LogP contribution in [-0.4, -0.2) is 59.1 Å². The molecule has 0 unspecified atom stereocenters. The maximum absolute atomic E-state index is 12.2. The van der Waals surface area contributed by atoms with Crippen LogP contribution in [0, 0.1) is 11.3 Å². The van der Waals surface area contributed by atoms with Crippen molar-refractivity contribution in [2.45, 2.75) is 4.90 Å². The highest BCUT2D eigenvalue weighted by atomic mass is 32.2. The fourth-order valence-electron chi connectivity index (χ4n) is 2.25. The molecule has 0 spiro atoms. The summed E-state index contributed by atoms with van der Waals surface area (Å²) in [6.07, 6.45) is 0. The summed E-state index contributed by atoms with van der Waals surface area (Å²) in [6, 6.07) is 7.69. The molecule has 3 N–H and O–H groups in total. The number of nitrogens with zero attached hydrogens (tertiary/aromatic N) is 2. The fraction of sp³-hybridized carbons (Fsp3) is 0.429. The third kappa shape index (κ3) is 4.74. The summed E-state index contributed by atoms with van der Waals surface area (Å²) in [4.78, 5) is 13.1. The number of hydrazine groups is 1. The summed E-state index contributed by atoms with van der Waals surface area (Å²) in [7, 11) is -1.82. The van der Waals surface area contributed by atoms with Crippen LogP contribution in [0.1, 0.15) is 5.56 Å². The van der Waals surface area contributed by atoms with E-state index >= 15 is 0 Å².